The Hall–Kier alpha value is -0.620. The van der Waals surface area contributed by atoms with E-state index in [9.17, 15) is 4.79 Å². The second-order valence-electron chi connectivity index (χ2n) is 5.09. The molecule has 0 atom stereocenters. The molecule has 1 heterocycles. The number of nitrogens with zero attached hydrogens (tertiary/aromatic N) is 1. The molecule has 0 saturated carbocycles. The van der Waals surface area contributed by atoms with Gasteiger partial charge in [0.05, 0.1) is 0 Å². The van der Waals surface area contributed by atoms with Crippen LogP contribution < -0.4 is 5.32 Å². The topological polar surface area (TPSA) is 32.3 Å². The van der Waals surface area contributed by atoms with Gasteiger partial charge in [0.25, 0.3) is 5.91 Å². The second-order valence-corrected chi connectivity index (χ2v) is 6.34. The third-order valence-electron chi connectivity index (χ3n) is 3.81. The predicted octanol–water partition coefficient (Wildman–Crippen LogP) is 2.75. The Morgan fingerprint density at radius 2 is 1.95 bits per heavy atom. The van der Waals surface area contributed by atoms with E-state index in [-0.39, 0.29) is 5.91 Å². The minimum Gasteiger partial charge on any atom is -0.352 e. The smallest absolute Gasteiger partial charge is 0.251 e. The zero-order valence-electron chi connectivity index (χ0n) is 11.4. The molecule has 1 aromatic rings. The van der Waals surface area contributed by atoms with Crippen LogP contribution in [0.15, 0.2) is 24.3 Å². The molecule has 0 aliphatic carbocycles. The van der Waals surface area contributed by atoms with Crippen molar-refractivity contribution in [3.8, 4) is 0 Å². The maximum Gasteiger partial charge on any atom is 0.251 e. The van der Waals surface area contributed by atoms with Gasteiger partial charge in [-0.25, -0.2) is 0 Å². The number of nitrogens with one attached hydrogen (secondary N) is 1. The van der Waals surface area contributed by atoms with E-state index in [0.717, 1.165) is 22.2 Å². The first kappa shape index (κ1) is 14.8. The van der Waals surface area contributed by atoms with Crippen molar-refractivity contribution < 1.29 is 4.79 Å². The van der Waals surface area contributed by atoms with E-state index in [1.165, 1.54) is 25.9 Å². The number of carbonyl (C=O) groups excluding carboxylic acids is 1. The minimum absolute atomic E-state index is 0.0503. The van der Waals surface area contributed by atoms with Crippen LogP contribution in [0.4, 0.5) is 0 Å². The fourth-order valence-corrected chi connectivity index (χ4v) is 2.81. The van der Waals surface area contributed by atoms with E-state index in [1.54, 1.807) is 0 Å². The number of benzene rings is 1. The summed E-state index contributed by atoms with van der Waals surface area (Å²) in [7, 11) is 0. The summed E-state index contributed by atoms with van der Waals surface area (Å²) in [5.74, 6) is 0.685. The van der Waals surface area contributed by atoms with E-state index in [1.807, 2.05) is 24.3 Å². The average molecular weight is 372 g/mol. The van der Waals surface area contributed by atoms with Crippen LogP contribution in [0.1, 0.15) is 30.1 Å². The van der Waals surface area contributed by atoms with Crippen LogP contribution in [-0.4, -0.2) is 37.0 Å². The van der Waals surface area contributed by atoms with Crippen molar-refractivity contribution in [3.05, 3.63) is 33.4 Å². The van der Waals surface area contributed by atoms with E-state index >= 15 is 0 Å². The molecule has 2 rings (SSSR count). The van der Waals surface area contributed by atoms with Gasteiger partial charge in [0.15, 0.2) is 0 Å². The van der Waals surface area contributed by atoms with Gasteiger partial charge < -0.3 is 10.2 Å². The van der Waals surface area contributed by atoms with E-state index in [4.69, 9.17) is 0 Å². The van der Waals surface area contributed by atoms with Crippen molar-refractivity contribution >= 4 is 28.5 Å². The summed E-state index contributed by atoms with van der Waals surface area (Å²) in [6.45, 7) is 6.49. The van der Waals surface area contributed by atoms with E-state index in [2.05, 4.69) is 39.7 Å². The number of halogens is 1. The van der Waals surface area contributed by atoms with Gasteiger partial charge >= 0.3 is 0 Å². The van der Waals surface area contributed by atoms with Crippen molar-refractivity contribution in [3.63, 3.8) is 0 Å². The Kier molecular flexibility index (Phi) is 5.63. The van der Waals surface area contributed by atoms with Gasteiger partial charge in [-0.3, -0.25) is 4.79 Å². The van der Waals surface area contributed by atoms with Crippen LogP contribution in [0.3, 0.4) is 0 Å². The number of likely N-dealkylation sites (tertiary alicyclic amines) is 1. The zero-order chi connectivity index (χ0) is 13.7. The van der Waals surface area contributed by atoms with Crippen molar-refractivity contribution in [2.24, 2.45) is 5.92 Å². The predicted molar refractivity (Wildman–Crippen MR) is 86.3 cm³/mol. The summed E-state index contributed by atoms with van der Waals surface area (Å²) in [4.78, 5) is 14.5. The molecular weight excluding hydrogens is 351 g/mol. The normalized spacial score (nSPS) is 17.4. The Bertz CT molecular complexity index is 411. The lowest BCUT2D eigenvalue weighted by atomic mass is 9.97. The monoisotopic (exact) mass is 372 g/mol. The number of amides is 1. The number of hydrogen-bond acceptors (Lipinski definition) is 2. The molecule has 1 N–H and O–H groups in total. The maximum atomic E-state index is 12.0. The molecule has 1 fully saturated rings. The summed E-state index contributed by atoms with van der Waals surface area (Å²) in [6.07, 6.45) is 2.39. The molecule has 1 aliphatic heterocycles. The van der Waals surface area contributed by atoms with Gasteiger partial charge in [0, 0.05) is 15.7 Å². The molecule has 0 bridgehead atoms. The summed E-state index contributed by atoms with van der Waals surface area (Å²) in [6, 6.07) is 7.71. The highest BCUT2D eigenvalue weighted by Gasteiger charge is 2.18. The van der Waals surface area contributed by atoms with Gasteiger partial charge in [-0.05, 0) is 85.3 Å². The Labute approximate surface area is 128 Å². The Balaban J connectivity index is 1.76. The molecule has 1 saturated heterocycles. The van der Waals surface area contributed by atoms with E-state index < -0.39 is 0 Å². The van der Waals surface area contributed by atoms with Crippen LogP contribution in [0.5, 0.6) is 0 Å². The summed E-state index contributed by atoms with van der Waals surface area (Å²) in [5.41, 5.74) is 0.756. The third-order valence-corrected chi connectivity index (χ3v) is 4.53. The summed E-state index contributed by atoms with van der Waals surface area (Å²) >= 11 is 2.25. The molecule has 3 nitrogen and oxygen atoms in total. The molecule has 0 aromatic heterocycles. The lowest BCUT2D eigenvalue weighted by molar-refractivity contribution is 0.0937. The van der Waals surface area contributed by atoms with Crippen LogP contribution in [0, 0.1) is 9.49 Å². The highest BCUT2D eigenvalue weighted by molar-refractivity contribution is 14.1. The molecule has 1 aliphatic rings. The standard InChI is InChI=1S/C15H21IN2O/c1-2-18-9-7-12(8-10-18)11-17-15(19)13-3-5-14(16)6-4-13/h3-6,12H,2,7-11H2,1H3,(H,17,19). The van der Waals surface area contributed by atoms with Crippen LogP contribution in [0.25, 0.3) is 0 Å². The van der Waals surface area contributed by atoms with Crippen LogP contribution in [-0.2, 0) is 0 Å². The number of rotatable bonds is 4. The van der Waals surface area contributed by atoms with Crippen LogP contribution >= 0.6 is 22.6 Å². The van der Waals surface area contributed by atoms with Crippen molar-refractivity contribution in [2.75, 3.05) is 26.2 Å². The number of piperidine rings is 1. The highest BCUT2D eigenvalue weighted by Crippen LogP contribution is 2.16. The molecule has 0 spiro atoms. The Morgan fingerprint density at radius 3 is 2.53 bits per heavy atom. The molecule has 4 heteroatoms. The first-order chi connectivity index (χ1) is 9.19. The quantitative estimate of drug-likeness (QED) is 0.825. The molecule has 19 heavy (non-hydrogen) atoms. The van der Waals surface area contributed by atoms with Gasteiger partial charge in [-0.1, -0.05) is 6.92 Å². The number of carbonyl (C=O) groups is 1. The molecule has 0 unspecified atom stereocenters. The van der Waals surface area contributed by atoms with Gasteiger partial charge in [-0.15, -0.1) is 0 Å². The summed E-state index contributed by atoms with van der Waals surface area (Å²) < 4.78 is 1.15. The summed E-state index contributed by atoms with van der Waals surface area (Å²) in [5, 5.41) is 3.06. The zero-order valence-corrected chi connectivity index (χ0v) is 13.5. The maximum absolute atomic E-state index is 12.0. The molecule has 0 radical (unpaired) electrons. The molecular formula is C15H21IN2O. The fourth-order valence-electron chi connectivity index (χ4n) is 2.45. The molecule has 1 amide bonds. The van der Waals surface area contributed by atoms with Gasteiger partial charge in [0.1, 0.15) is 0 Å². The van der Waals surface area contributed by atoms with Crippen molar-refractivity contribution in [1.29, 1.82) is 0 Å². The lowest BCUT2D eigenvalue weighted by Gasteiger charge is -2.31. The molecule has 104 valence electrons. The van der Waals surface area contributed by atoms with Gasteiger partial charge in [0.2, 0.25) is 0 Å². The number of hydrogen-bond donors (Lipinski definition) is 1. The first-order valence-electron chi connectivity index (χ1n) is 6.95. The van der Waals surface area contributed by atoms with Gasteiger partial charge in [-0.2, -0.15) is 0 Å². The first-order valence-corrected chi connectivity index (χ1v) is 8.03. The lowest BCUT2D eigenvalue weighted by Crippen LogP contribution is -2.38. The van der Waals surface area contributed by atoms with Crippen molar-refractivity contribution in [2.45, 2.75) is 19.8 Å². The van der Waals surface area contributed by atoms with E-state index in [0.29, 0.717) is 5.92 Å². The highest BCUT2D eigenvalue weighted by atomic mass is 127. The average Bonchev–Trinajstić information content (AvgIpc) is 2.46. The SMILES string of the molecule is CCN1CCC(CNC(=O)c2ccc(I)cc2)CC1. The largest absolute Gasteiger partial charge is 0.352 e. The molecule has 1 aromatic carbocycles. The van der Waals surface area contributed by atoms with Crippen molar-refractivity contribution in [1.82, 2.24) is 10.2 Å². The van der Waals surface area contributed by atoms with Crippen LogP contribution in [0.2, 0.25) is 0 Å². The minimum atomic E-state index is 0.0503. The third kappa shape index (κ3) is 4.45. The Morgan fingerprint density at radius 1 is 1.32 bits per heavy atom. The fraction of sp³-hybridized carbons (Fsp3) is 0.533. The second kappa shape index (κ2) is 7.24.